The Morgan fingerprint density at radius 1 is 1.65 bits per heavy atom. The van der Waals surface area contributed by atoms with Crippen molar-refractivity contribution in [3.8, 4) is 0 Å². The third-order valence-electron chi connectivity index (χ3n) is 3.26. The number of rotatable bonds is 5. The number of hydrogen-bond acceptors (Lipinski definition) is 4. The maximum atomic E-state index is 5.97. The van der Waals surface area contributed by atoms with Gasteiger partial charge in [-0.3, -0.25) is 0 Å². The third-order valence-corrected chi connectivity index (χ3v) is 3.26. The fourth-order valence-corrected chi connectivity index (χ4v) is 2.34. The first-order valence-electron chi connectivity index (χ1n) is 6.34. The van der Waals surface area contributed by atoms with E-state index < -0.39 is 0 Å². The van der Waals surface area contributed by atoms with Gasteiger partial charge in [0.25, 0.3) is 0 Å². The number of nitrogens with zero attached hydrogens (tertiary/aromatic N) is 1. The standard InChI is InChI=1S/C13H21N3O/c1-2-6-15-12(10-5-8-17-9-10)11-4-3-7-16-13(11)14/h3-4,7,10,12,15H,2,5-6,8-9H2,1H3,(H2,14,16). The molecule has 1 aromatic heterocycles. The Kier molecular flexibility index (Phi) is 4.34. The normalized spacial score (nSPS) is 21.6. The van der Waals surface area contributed by atoms with Crippen LogP contribution in [0.5, 0.6) is 0 Å². The number of nitrogens with two attached hydrogens (primary N) is 1. The minimum atomic E-state index is 0.270. The highest BCUT2D eigenvalue weighted by Gasteiger charge is 2.27. The van der Waals surface area contributed by atoms with E-state index in [1.165, 1.54) is 0 Å². The van der Waals surface area contributed by atoms with Crippen LogP contribution in [0.1, 0.15) is 31.4 Å². The van der Waals surface area contributed by atoms with Crippen molar-refractivity contribution in [1.82, 2.24) is 10.3 Å². The molecule has 0 saturated carbocycles. The zero-order valence-corrected chi connectivity index (χ0v) is 10.4. The van der Waals surface area contributed by atoms with Crippen LogP contribution in [0, 0.1) is 5.92 Å². The van der Waals surface area contributed by atoms with Crippen LogP contribution >= 0.6 is 0 Å². The summed E-state index contributed by atoms with van der Waals surface area (Å²) >= 11 is 0. The Morgan fingerprint density at radius 3 is 3.18 bits per heavy atom. The van der Waals surface area contributed by atoms with Gasteiger partial charge in [0.15, 0.2) is 0 Å². The second-order valence-corrected chi connectivity index (χ2v) is 4.53. The van der Waals surface area contributed by atoms with Gasteiger partial charge in [-0.15, -0.1) is 0 Å². The van der Waals surface area contributed by atoms with Crippen LogP contribution < -0.4 is 11.1 Å². The zero-order valence-electron chi connectivity index (χ0n) is 10.4. The number of hydrogen-bond donors (Lipinski definition) is 2. The molecule has 2 atom stereocenters. The molecular formula is C13H21N3O. The summed E-state index contributed by atoms with van der Waals surface area (Å²) in [6.45, 7) is 4.84. The molecule has 0 aliphatic carbocycles. The smallest absolute Gasteiger partial charge is 0.128 e. The lowest BCUT2D eigenvalue weighted by molar-refractivity contribution is 0.176. The highest BCUT2D eigenvalue weighted by molar-refractivity contribution is 5.41. The van der Waals surface area contributed by atoms with Gasteiger partial charge < -0.3 is 15.8 Å². The summed E-state index contributed by atoms with van der Waals surface area (Å²) < 4.78 is 5.48. The molecule has 1 aliphatic rings. The molecule has 4 nitrogen and oxygen atoms in total. The summed E-state index contributed by atoms with van der Waals surface area (Å²) in [4.78, 5) is 4.18. The van der Waals surface area contributed by atoms with Gasteiger partial charge in [0.05, 0.1) is 6.61 Å². The van der Waals surface area contributed by atoms with Crippen molar-refractivity contribution >= 4 is 5.82 Å². The number of nitrogens with one attached hydrogen (secondary N) is 1. The summed E-state index contributed by atoms with van der Waals surface area (Å²) in [5.74, 6) is 1.14. The van der Waals surface area contributed by atoms with Crippen molar-refractivity contribution in [3.63, 3.8) is 0 Å². The van der Waals surface area contributed by atoms with Crippen LogP contribution in [-0.4, -0.2) is 24.7 Å². The molecular weight excluding hydrogens is 214 g/mol. The van der Waals surface area contributed by atoms with Crippen LogP contribution in [0.4, 0.5) is 5.82 Å². The van der Waals surface area contributed by atoms with Gasteiger partial charge in [0, 0.05) is 30.3 Å². The van der Waals surface area contributed by atoms with E-state index in [2.05, 4.69) is 23.3 Å². The fraction of sp³-hybridized carbons (Fsp3) is 0.615. The van der Waals surface area contributed by atoms with Gasteiger partial charge in [-0.05, 0) is 25.5 Å². The molecule has 2 heterocycles. The fourth-order valence-electron chi connectivity index (χ4n) is 2.34. The van der Waals surface area contributed by atoms with E-state index in [0.717, 1.165) is 38.2 Å². The van der Waals surface area contributed by atoms with Crippen LogP contribution in [0.25, 0.3) is 0 Å². The minimum absolute atomic E-state index is 0.270. The quantitative estimate of drug-likeness (QED) is 0.816. The predicted octanol–water partition coefficient (Wildman–Crippen LogP) is 1.74. The lowest BCUT2D eigenvalue weighted by atomic mass is 9.92. The molecule has 0 aromatic carbocycles. The summed E-state index contributed by atoms with van der Waals surface area (Å²) in [5.41, 5.74) is 7.08. The maximum Gasteiger partial charge on any atom is 0.128 e. The van der Waals surface area contributed by atoms with Crippen molar-refractivity contribution in [1.29, 1.82) is 0 Å². The molecule has 3 N–H and O–H groups in total. The van der Waals surface area contributed by atoms with Gasteiger partial charge >= 0.3 is 0 Å². The monoisotopic (exact) mass is 235 g/mol. The van der Waals surface area contributed by atoms with E-state index in [0.29, 0.717) is 11.7 Å². The minimum Gasteiger partial charge on any atom is -0.383 e. The van der Waals surface area contributed by atoms with Gasteiger partial charge in [-0.2, -0.15) is 0 Å². The molecule has 0 spiro atoms. The summed E-state index contributed by atoms with van der Waals surface area (Å²) in [6, 6.07) is 4.28. The first kappa shape index (κ1) is 12.3. The number of aromatic nitrogens is 1. The largest absolute Gasteiger partial charge is 0.383 e. The Bertz CT molecular complexity index is 350. The van der Waals surface area contributed by atoms with Crippen LogP contribution in [0.15, 0.2) is 18.3 Å². The van der Waals surface area contributed by atoms with Gasteiger partial charge in [-0.25, -0.2) is 4.98 Å². The molecule has 0 radical (unpaired) electrons. The van der Waals surface area contributed by atoms with Crippen LogP contribution in [0.2, 0.25) is 0 Å². The topological polar surface area (TPSA) is 60.2 Å². The summed E-state index contributed by atoms with van der Waals surface area (Å²) in [7, 11) is 0. The number of anilines is 1. The number of nitrogen functional groups attached to an aromatic ring is 1. The lowest BCUT2D eigenvalue weighted by Crippen LogP contribution is -2.30. The van der Waals surface area contributed by atoms with Crippen LogP contribution in [-0.2, 0) is 4.74 Å². The van der Waals surface area contributed by atoms with E-state index in [4.69, 9.17) is 10.5 Å². The Labute approximate surface area is 103 Å². The van der Waals surface area contributed by atoms with Crippen molar-refractivity contribution in [2.24, 2.45) is 5.92 Å². The molecule has 1 aromatic rings. The summed E-state index contributed by atoms with van der Waals surface area (Å²) in [5, 5.41) is 3.57. The lowest BCUT2D eigenvalue weighted by Gasteiger charge is -2.24. The Hall–Kier alpha value is -1.13. The van der Waals surface area contributed by atoms with E-state index >= 15 is 0 Å². The second-order valence-electron chi connectivity index (χ2n) is 4.53. The third kappa shape index (κ3) is 2.96. The van der Waals surface area contributed by atoms with Gasteiger partial charge in [-0.1, -0.05) is 13.0 Å². The molecule has 1 aliphatic heterocycles. The first-order chi connectivity index (χ1) is 8.33. The molecule has 0 amide bonds. The highest BCUT2D eigenvalue weighted by Crippen LogP contribution is 2.30. The van der Waals surface area contributed by atoms with E-state index in [9.17, 15) is 0 Å². The molecule has 1 fully saturated rings. The van der Waals surface area contributed by atoms with E-state index in [-0.39, 0.29) is 6.04 Å². The Morgan fingerprint density at radius 2 is 2.53 bits per heavy atom. The number of ether oxygens (including phenoxy) is 1. The molecule has 2 unspecified atom stereocenters. The zero-order chi connectivity index (χ0) is 12.1. The van der Waals surface area contributed by atoms with Crippen LogP contribution in [0.3, 0.4) is 0 Å². The maximum absolute atomic E-state index is 5.97. The predicted molar refractivity (Wildman–Crippen MR) is 68.6 cm³/mol. The number of pyridine rings is 1. The van der Waals surface area contributed by atoms with E-state index in [1.807, 2.05) is 6.07 Å². The molecule has 17 heavy (non-hydrogen) atoms. The highest BCUT2D eigenvalue weighted by atomic mass is 16.5. The summed E-state index contributed by atoms with van der Waals surface area (Å²) in [6.07, 6.45) is 3.95. The molecule has 4 heteroatoms. The van der Waals surface area contributed by atoms with Crippen molar-refractivity contribution < 1.29 is 4.74 Å². The SMILES string of the molecule is CCCNC(c1cccnc1N)C1CCOC1. The Balaban J connectivity index is 2.16. The first-order valence-corrected chi connectivity index (χ1v) is 6.34. The molecule has 0 bridgehead atoms. The van der Waals surface area contributed by atoms with Gasteiger partial charge in [0.2, 0.25) is 0 Å². The van der Waals surface area contributed by atoms with Gasteiger partial charge in [0.1, 0.15) is 5.82 Å². The van der Waals surface area contributed by atoms with Crippen molar-refractivity contribution in [2.45, 2.75) is 25.8 Å². The molecule has 2 rings (SSSR count). The van der Waals surface area contributed by atoms with Crippen molar-refractivity contribution in [3.05, 3.63) is 23.9 Å². The molecule has 94 valence electrons. The van der Waals surface area contributed by atoms with E-state index in [1.54, 1.807) is 6.20 Å². The molecule has 1 saturated heterocycles. The second kappa shape index (κ2) is 5.98. The average Bonchev–Trinajstić information content (AvgIpc) is 2.85. The average molecular weight is 235 g/mol. The van der Waals surface area contributed by atoms with Crippen molar-refractivity contribution in [2.75, 3.05) is 25.5 Å².